The van der Waals surface area contributed by atoms with E-state index in [9.17, 15) is 19.5 Å². The number of rotatable bonds is 52. The smallest absolute Gasteiger partial charge is 0.362 e. The maximum absolute atomic E-state index is 12.8. The van der Waals surface area contributed by atoms with E-state index in [-0.39, 0.29) is 36.2 Å². The van der Waals surface area contributed by atoms with Crippen molar-refractivity contribution in [3.63, 3.8) is 0 Å². The maximum atomic E-state index is 12.8. The van der Waals surface area contributed by atoms with Crippen LogP contribution in [0.15, 0.2) is 24.3 Å². The minimum Gasteiger partial charge on any atom is -0.477 e. The van der Waals surface area contributed by atoms with Gasteiger partial charge in [0, 0.05) is 19.3 Å². The molecule has 0 spiro atoms. The number of carboxylic acids is 1. The van der Waals surface area contributed by atoms with Gasteiger partial charge in [0.05, 0.1) is 34.4 Å². The number of hydrogen-bond donors (Lipinski definition) is 1. The first-order chi connectivity index (χ1) is 32.1. The zero-order chi connectivity index (χ0) is 48.4. The Morgan fingerprint density at radius 1 is 0.455 bits per heavy atom. The molecular weight excluding hydrogens is 823 g/mol. The Hall–Kier alpha value is -2.19. The Kier molecular flexibility index (Phi) is 47.6. The number of nitrogens with zero attached hydrogens (tertiary/aromatic N) is 1. The highest BCUT2D eigenvalue weighted by Gasteiger charge is 2.31. The number of aliphatic carboxylic acids is 1. The number of hydrogen-bond acceptors (Lipinski definition) is 6. The molecule has 388 valence electrons. The lowest BCUT2D eigenvalue weighted by atomic mass is 10.0. The molecule has 0 saturated heterocycles. The molecule has 0 aliphatic carbocycles. The Morgan fingerprint density at radius 2 is 0.803 bits per heavy atom. The predicted octanol–water partition coefficient (Wildman–Crippen LogP) is 16.8. The van der Waals surface area contributed by atoms with Gasteiger partial charge in [-0.05, 0) is 44.9 Å². The SMILES string of the molecule is CCCCC/C=C\C/C=C\CCCCCCCCCCCC(=O)OC(COCCC(C(=O)O)[N+](C)(C)C)COC(=O)CCCCCCCCCCCCCCCCCCCCCCCCC. The molecule has 0 amide bonds. The molecule has 0 aliphatic heterocycles. The second kappa shape index (κ2) is 49.2. The Morgan fingerprint density at radius 3 is 1.20 bits per heavy atom. The van der Waals surface area contributed by atoms with E-state index in [2.05, 4.69) is 38.2 Å². The molecule has 66 heavy (non-hydrogen) atoms. The van der Waals surface area contributed by atoms with E-state index in [0.717, 1.165) is 44.9 Å². The van der Waals surface area contributed by atoms with Crippen LogP contribution >= 0.6 is 0 Å². The molecule has 0 aliphatic rings. The van der Waals surface area contributed by atoms with Crippen molar-refractivity contribution in [1.29, 1.82) is 0 Å². The zero-order valence-corrected chi connectivity index (χ0v) is 44.4. The van der Waals surface area contributed by atoms with E-state index in [1.54, 1.807) is 0 Å². The number of likely N-dealkylation sites (N-methyl/N-ethyl adjacent to an activating group) is 1. The molecule has 0 saturated carbocycles. The number of carboxylic acid groups (broad SMARTS) is 1. The highest BCUT2D eigenvalue weighted by Crippen LogP contribution is 2.17. The number of unbranched alkanes of at least 4 members (excludes halogenated alkanes) is 34. The van der Waals surface area contributed by atoms with E-state index in [0.29, 0.717) is 19.3 Å². The summed E-state index contributed by atoms with van der Waals surface area (Å²) >= 11 is 0. The van der Waals surface area contributed by atoms with Crippen LogP contribution in [0.25, 0.3) is 0 Å². The molecule has 1 N–H and O–H groups in total. The highest BCUT2D eigenvalue weighted by atomic mass is 16.6. The summed E-state index contributed by atoms with van der Waals surface area (Å²) < 4.78 is 17.4. The van der Waals surface area contributed by atoms with Gasteiger partial charge in [-0.2, -0.15) is 0 Å². The third-order valence-corrected chi connectivity index (χ3v) is 13.1. The van der Waals surface area contributed by atoms with Crippen molar-refractivity contribution in [2.24, 2.45) is 0 Å². The van der Waals surface area contributed by atoms with Crippen molar-refractivity contribution in [2.75, 3.05) is 41.0 Å². The highest BCUT2D eigenvalue weighted by molar-refractivity contribution is 5.72. The molecule has 0 radical (unpaired) electrons. The van der Waals surface area contributed by atoms with Crippen LogP contribution in [0.3, 0.4) is 0 Å². The van der Waals surface area contributed by atoms with Gasteiger partial charge in [0.15, 0.2) is 12.1 Å². The molecule has 0 bridgehead atoms. The van der Waals surface area contributed by atoms with Gasteiger partial charge in [-0.1, -0.05) is 237 Å². The van der Waals surface area contributed by atoms with Crippen molar-refractivity contribution in [3.05, 3.63) is 24.3 Å². The average Bonchev–Trinajstić information content (AvgIpc) is 3.28. The quantitative estimate of drug-likeness (QED) is 0.0281. The van der Waals surface area contributed by atoms with Gasteiger partial charge in [-0.3, -0.25) is 9.59 Å². The molecule has 0 heterocycles. The van der Waals surface area contributed by atoms with Crippen LogP contribution in [0, 0.1) is 0 Å². The molecule has 8 nitrogen and oxygen atoms in total. The number of carbonyl (C=O) groups excluding carboxylic acids is 2. The van der Waals surface area contributed by atoms with E-state index in [1.807, 2.05) is 21.1 Å². The Labute approximate surface area is 409 Å². The largest absolute Gasteiger partial charge is 0.477 e. The molecular formula is C58H110NO7+. The third-order valence-electron chi connectivity index (χ3n) is 13.1. The van der Waals surface area contributed by atoms with E-state index < -0.39 is 18.1 Å². The summed E-state index contributed by atoms with van der Waals surface area (Å²) in [6.45, 7) is 4.76. The summed E-state index contributed by atoms with van der Waals surface area (Å²) in [6, 6.07) is -0.614. The lowest BCUT2D eigenvalue weighted by Crippen LogP contribution is -2.50. The third kappa shape index (κ3) is 46.9. The maximum Gasteiger partial charge on any atom is 0.362 e. The molecule has 2 atom stereocenters. The van der Waals surface area contributed by atoms with Crippen LogP contribution in [0.5, 0.6) is 0 Å². The first kappa shape index (κ1) is 63.8. The van der Waals surface area contributed by atoms with Crippen LogP contribution in [-0.4, -0.2) is 80.6 Å². The van der Waals surface area contributed by atoms with Crippen molar-refractivity contribution < 1.29 is 38.2 Å². The van der Waals surface area contributed by atoms with Crippen LogP contribution in [-0.2, 0) is 28.6 Å². The fraction of sp³-hybridized carbons (Fsp3) is 0.879. The van der Waals surface area contributed by atoms with Crippen molar-refractivity contribution in [1.82, 2.24) is 0 Å². The molecule has 8 heteroatoms. The predicted molar refractivity (Wildman–Crippen MR) is 280 cm³/mol. The topological polar surface area (TPSA) is 99.1 Å². The normalized spacial score (nSPS) is 12.9. The summed E-state index contributed by atoms with van der Waals surface area (Å²) in [5, 5.41) is 9.67. The summed E-state index contributed by atoms with van der Waals surface area (Å²) in [5.41, 5.74) is 0. The summed E-state index contributed by atoms with van der Waals surface area (Å²) in [6.07, 6.45) is 58.1. The van der Waals surface area contributed by atoms with Crippen molar-refractivity contribution >= 4 is 17.9 Å². The van der Waals surface area contributed by atoms with E-state index >= 15 is 0 Å². The minimum absolute atomic E-state index is 0.0472. The molecule has 0 fully saturated rings. The lowest BCUT2D eigenvalue weighted by Gasteiger charge is -2.31. The molecule has 0 aromatic carbocycles. The number of quaternary nitrogens is 1. The van der Waals surface area contributed by atoms with Crippen LogP contribution < -0.4 is 0 Å². The molecule has 2 unspecified atom stereocenters. The summed E-state index contributed by atoms with van der Waals surface area (Å²) in [4.78, 5) is 37.3. The van der Waals surface area contributed by atoms with Gasteiger partial charge < -0.3 is 23.8 Å². The molecule has 0 aromatic rings. The molecule has 0 rings (SSSR count). The monoisotopic (exact) mass is 933 g/mol. The van der Waals surface area contributed by atoms with E-state index in [1.165, 1.54) is 199 Å². The van der Waals surface area contributed by atoms with Crippen molar-refractivity contribution in [2.45, 2.75) is 289 Å². The first-order valence-electron chi connectivity index (χ1n) is 28.4. The van der Waals surface area contributed by atoms with Gasteiger partial charge in [0.25, 0.3) is 0 Å². The van der Waals surface area contributed by atoms with Gasteiger partial charge >= 0.3 is 17.9 Å². The fourth-order valence-corrected chi connectivity index (χ4v) is 8.71. The first-order valence-corrected chi connectivity index (χ1v) is 28.4. The minimum atomic E-state index is -0.871. The van der Waals surface area contributed by atoms with Gasteiger partial charge in [-0.25, -0.2) is 4.79 Å². The second-order valence-electron chi connectivity index (χ2n) is 20.6. The Balaban J connectivity index is 4.13. The van der Waals surface area contributed by atoms with E-state index in [4.69, 9.17) is 14.2 Å². The van der Waals surface area contributed by atoms with Crippen LogP contribution in [0.2, 0.25) is 0 Å². The lowest BCUT2D eigenvalue weighted by molar-refractivity contribution is -0.887. The molecule has 0 aromatic heterocycles. The van der Waals surface area contributed by atoms with Crippen LogP contribution in [0.4, 0.5) is 0 Å². The second-order valence-corrected chi connectivity index (χ2v) is 20.6. The Bertz CT molecular complexity index is 1130. The number of esters is 2. The zero-order valence-electron chi connectivity index (χ0n) is 44.4. The number of allylic oxidation sites excluding steroid dienone is 4. The van der Waals surface area contributed by atoms with Gasteiger partial charge in [-0.15, -0.1) is 0 Å². The van der Waals surface area contributed by atoms with Crippen molar-refractivity contribution in [3.8, 4) is 0 Å². The van der Waals surface area contributed by atoms with Gasteiger partial charge in [0.2, 0.25) is 0 Å². The number of ether oxygens (including phenoxy) is 3. The van der Waals surface area contributed by atoms with Gasteiger partial charge in [0.1, 0.15) is 6.61 Å². The fourth-order valence-electron chi connectivity index (χ4n) is 8.71. The average molecular weight is 934 g/mol. The number of carbonyl (C=O) groups is 3. The standard InChI is InChI=1S/C58H109NO7/c1-6-8-10-12-14-16-18-20-22-24-26-27-28-29-31-32-34-36-38-40-42-44-46-48-56(60)65-53-54(52-64-51-50-55(58(62)63)59(3,4)5)66-57(61)49-47-45-43-41-39-37-35-33-30-25-23-21-19-17-15-13-11-9-7-2/h15,17,21,23,54-55H,6-14,16,18-20,22,24-53H2,1-5H3/p+1/b17-15-,23-21-. The summed E-state index contributed by atoms with van der Waals surface area (Å²) in [7, 11) is 5.55. The van der Waals surface area contributed by atoms with Crippen LogP contribution in [0.1, 0.15) is 277 Å². The summed E-state index contributed by atoms with van der Waals surface area (Å²) in [5.74, 6) is -1.45.